The maximum atomic E-state index is 12.0. The van der Waals surface area contributed by atoms with E-state index in [0.717, 1.165) is 33.7 Å². The largest absolute Gasteiger partial charge is 0.327 e. The van der Waals surface area contributed by atoms with Crippen LogP contribution in [0.3, 0.4) is 0 Å². The Bertz CT molecular complexity index is 883. The van der Waals surface area contributed by atoms with Crippen LogP contribution in [-0.2, 0) is 18.3 Å². The molecule has 0 unspecified atom stereocenters. The monoisotopic (exact) mass is 292 g/mol. The van der Waals surface area contributed by atoms with E-state index in [1.165, 1.54) is 0 Å². The van der Waals surface area contributed by atoms with Gasteiger partial charge in [0.05, 0.1) is 17.5 Å². The summed E-state index contributed by atoms with van der Waals surface area (Å²) < 4.78 is 2.07. The van der Waals surface area contributed by atoms with E-state index in [-0.39, 0.29) is 5.91 Å². The standard InChI is InChI=1S/C17H16N4O/c1-3-21-14-10-15-13(8-12(14)9-16(21)22)19-17(20(15)2)11-4-6-18-7-5-11/h4-8,10H,3,9H2,1-2H3. The Labute approximate surface area is 128 Å². The average Bonchev–Trinajstić information content (AvgIpc) is 3.02. The number of likely N-dealkylation sites (N-methyl/N-ethyl adjacent to an activating group) is 1. The van der Waals surface area contributed by atoms with Gasteiger partial charge in [-0.25, -0.2) is 4.98 Å². The van der Waals surface area contributed by atoms with Crippen molar-refractivity contribution < 1.29 is 4.79 Å². The summed E-state index contributed by atoms with van der Waals surface area (Å²) in [5.41, 5.74) is 5.10. The summed E-state index contributed by atoms with van der Waals surface area (Å²) in [4.78, 5) is 22.7. The molecule has 2 aromatic heterocycles. The summed E-state index contributed by atoms with van der Waals surface area (Å²) in [7, 11) is 2.00. The molecule has 0 N–H and O–H groups in total. The van der Waals surface area contributed by atoms with E-state index < -0.39 is 0 Å². The van der Waals surface area contributed by atoms with E-state index >= 15 is 0 Å². The lowest BCUT2D eigenvalue weighted by Crippen LogP contribution is -2.25. The second-order valence-corrected chi connectivity index (χ2v) is 5.51. The van der Waals surface area contributed by atoms with Crippen molar-refractivity contribution in [2.75, 3.05) is 11.4 Å². The van der Waals surface area contributed by atoms with Crippen LogP contribution in [0.25, 0.3) is 22.4 Å². The predicted molar refractivity (Wildman–Crippen MR) is 85.7 cm³/mol. The molecule has 0 radical (unpaired) electrons. The molecule has 110 valence electrons. The molecule has 5 nitrogen and oxygen atoms in total. The summed E-state index contributed by atoms with van der Waals surface area (Å²) in [6.45, 7) is 2.70. The summed E-state index contributed by atoms with van der Waals surface area (Å²) in [6, 6.07) is 8.03. The number of pyridine rings is 1. The number of fused-ring (bicyclic) bond motifs is 2. The van der Waals surface area contributed by atoms with Gasteiger partial charge >= 0.3 is 0 Å². The number of imidazole rings is 1. The quantitative estimate of drug-likeness (QED) is 0.729. The first-order valence-corrected chi connectivity index (χ1v) is 7.39. The second kappa shape index (κ2) is 4.66. The number of benzene rings is 1. The third kappa shape index (κ3) is 1.75. The van der Waals surface area contributed by atoms with E-state index in [2.05, 4.69) is 15.6 Å². The minimum absolute atomic E-state index is 0.169. The Hall–Kier alpha value is -2.69. The number of anilines is 1. The van der Waals surface area contributed by atoms with Gasteiger partial charge in [-0.3, -0.25) is 9.78 Å². The van der Waals surface area contributed by atoms with Crippen LogP contribution in [0.15, 0.2) is 36.7 Å². The number of rotatable bonds is 2. The fraction of sp³-hybridized carbons (Fsp3) is 0.235. The van der Waals surface area contributed by atoms with E-state index in [9.17, 15) is 4.79 Å². The van der Waals surface area contributed by atoms with Crippen LogP contribution < -0.4 is 4.90 Å². The molecule has 1 aliphatic heterocycles. The minimum atomic E-state index is 0.169. The Morgan fingerprint density at radius 1 is 1.23 bits per heavy atom. The van der Waals surface area contributed by atoms with Crippen molar-refractivity contribution in [1.29, 1.82) is 0 Å². The van der Waals surface area contributed by atoms with Gasteiger partial charge < -0.3 is 9.47 Å². The number of aromatic nitrogens is 3. The number of hydrogen-bond donors (Lipinski definition) is 0. The number of aryl methyl sites for hydroxylation is 1. The van der Waals surface area contributed by atoms with Gasteiger partial charge in [0.25, 0.3) is 0 Å². The highest BCUT2D eigenvalue weighted by Gasteiger charge is 2.27. The Morgan fingerprint density at radius 3 is 2.73 bits per heavy atom. The number of carbonyl (C=O) groups excluding carboxylic acids is 1. The van der Waals surface area contributed by atoms with Gasteiger partial charge in [-0.05, 0) is 36.8 Å². The Balaban J connectivity index is 1.93. The molecule has 0 saturated carbocycles. The Morgan fingerprint density at radius 2 is 2.00 bits per heavy atom. The predicted octanol–water partition coefficient (Wildman–Crippen LogP) is 2.54. The molecule has 3 aromatic rings. The molecule has 1 aromatic carbocycles. The molecule has 1 aliphatic rings. The lowest BCUT2D eigenvalue weighted by Gasteiger charge is -2.14. The van der Waals surface area contributed by atoms with E-state index in [0.29, 0.717) is 13.0 Å². The smallest absolute Gasteiger partial charge is 0.231 e. The van der Waals surface area contributed by atoms with Gasteiger partial charge in [-0.2, -0.15) is 0 Å². The molecule has 3 heterocycles. The van der Waals surface area contributed by atoms with Crippen molar-refractivity contribution >= 4 is 22.6 Å². The number of carbonyl (C=O) groups is 1. The molecule has 0 spiro atoms. The molecular weight excluding hydrogens is 276 g/mol. The summed E-state index contributed by atoms with van der Waals surface area (Å²) in [5.74, 6) is 1.08. The van der Waals surface area contributed by atoms with Crippen molar-refractivity contribution in [2.45, 2.75) is 13.3 Å². The second-order valence-electron chi connectivity index (χ2n) is 5.51. The topological polar surface area (TPSA) is 51.0 Å². The van der Waals surface area contributed by atoms with Crippen LogP contribution in [0, 0.1) is 0 Å². The SMILES string of the molecule is CCN1C(=O)Cc2cc3nc(-c4ccncc4)n(C)c3cc21. The van der Waals surface area contributed by atoms with E-state index in [1.807, 2.05) is 37.1 Å². The number of nitrogens with zero attached hydrogens (tertiary/aromatic N) is 4. The van der Waals surface area contributed by atoms with Gasteiger partial charge in [-0.15, -0.1) is 0 Å². The fourth-order valence-electron chi connectivity index (χ4n) is 3.16. The molecule has 0 atom stereocenters. The highest BCUT2D eigenvalue weighted by atomic mass is 16.2. The van der Waals surface area contributed by atoms with Crippen LogP contribution in [0.2, 0.25) is 0 Å². The first-order chi connectivity index (χ1) is 10.7. The zero-order valence-corrected chi connectivity index (χ0v) is 12.6. The van der Waals surface area contributed by atoms with E-state index in [4.69, 9.17) is 4.98 Å². The van der Waals surface area contributed by atoms with Gasteiger partial charge in [0.15, 0.2) is 0 Å². The molecule has 4 rings (SSSR count). The van der Waals surface area contributed by atoms with Crippen molar-refractivity contribution in [3.63, 3.8) is 0 Å². The lowest BCUT2D eigenvalue weighted by molar-refractivity contribution is -0.117. The first kappa shape index (κ1) is 13.0. The van der Waals surface area contributed by atoms with Gasteiger partial charge in [0, 0.05) is 37.2 Å². The van der Waals surface area contributed by atoms with Gasteiger partial charge in [0.1, 0.15) is 5.82 Å². The third-order valence-corrected chi connectivity index (χ3v) is 4.27. The first-order valence-electron chi connectivity index (χ1n) is 7.39. The third-order valence-electron chi connectivity index (χ3n) is 4.27. The van der Waals surface area contributed by atoms with Crippen molar-refractivity contribution in [1.82, 2.24) is 14.5 Å². The van der Waals surface area contributed by atoms with Crippen LogP contribution in [0.5, 0.6) is 0 Å². The summed E-state index contributed by atoms with van der Waals surface area (Å²) in [6.07, 6.45) is 4.01. The lowest BCUT2D eigenvalue weighted by atomic mass is 10.1. The van der Waals surface area contributed by atoms with E-state index in [1.54, 1.807) is 12.4 Å². The number of amides is 1. The maximum Gasteiger partial charge on any atom is 0.231 e. The summed E-state index contributed by atoms with van der Waals surface area (Å²) >= 11 is 0. The summed E-state index contributed by atoms with van der Waals surface area (Å²) in [5, 5.41) is 0. The molecule has 0 aliphatic carbocycles. The minimum Gasteiger partial charge on any atom is -0.327 e. The molecule has 5 heteroatoms. The highest BCUT2D eigenvalue weighted by molar-refractivity contribution is 6.04. The van der Waals surface area contributed by atoms with Crippen LogP contribution in [0.4, 0.5) is 5.69 Å². The van der Waals surface area contributed by atoms with Crippen molar-refractivity contribution in [3.8, 4) is 11.4 Å². The molecule has 22 heavy (non-hydrogen) atoms. The van der Waals surface area contributed by atoms with Crippen LogP contribution in [-0.4, -0.2) is 27.0 Å². The highest BCUT2D eigenvalue weighted by Crippen LogP contribution is 2.34. The normalized spacial score (nSPS) is 13.9. The van der Waals surface area contributed by atoms with Gasteiger partial charge in [0.2, 0.25) is 5.91 Å². The maximum absolute atomic E-state index is 12.0. The van der Waals surface area contributed by atoms with Gasteiger partial charge in [-0.1, -0.05) is 0 Å². The molecule has 0 fully saturated rings. The van der Waals surface area contributed by atoms with Crippen molar-refractivity contribution in [3.05, 3.63) is 42.2 Å². The van der Waals surface area contributed by atoms with Crippen LogP contribution >= 0.6 is 0 Å². The fourth-order valence-corrected chi connectivity index (χ4v) is 3.16. The van der Waals surface area contributed by atoms with Crippen molar-refractivity contribution in [2.24, 2.45) is 7.05 Å². The van der Waals surface area contributed by atoms with Crippen LogP contribution in [0.1, 0.15) is 12.5 Å². The molecule has 0 bridgehead atoms. The zero-order valence-electron chi connectivity index (χ0n) is 12.6. The molecular formula is C17H16N4O. The molecule has 1 amide bonds. The number of hydrogen-bond acceptors (Lipinski definition) is 3. The average molecular weight is 292 g/mol. The Kier molecular flexibility index (Phi) is 2.76. The zero-order chi connectivity index (χ0) is 15.3. The molecule has 0 saturated heterocycles.